The fourth-order valence-corrected chi connectivity index (χ4v) is 3.93. The van der Waals surface area contributed by atoms with Gasteiger partial charge in [0.15, 0.2) is 0 Å². The highest BCUT2D eigenvalue weighted by molar-refractivity contribution is 9.10. The van der Waals surface area contributed by atoms with Crippen molar-refractivity contribution in [2.24, 2.45) is 0 Å². The van der Waals surface area contributed by atoms with Crippen LogP contribution < -0.4 is 4.72 Å². The number of halogens is 3. The first-order valence-electron chi connectivity index (χ1n) is 5.27. The summed E-state index contributed by atoms with van der Waals surface area (Å²) in [5, 5.41) is 0. The van der Waals surface area contributed by atoms with Gasteiger partial charge in [0.25, 0.3) is 0 Å². The summed E-state index contributed by atoms with van der Waals surface area (Å²) >= 11 is 2.86. The van der Waals surface area contributed by atoms with Gasteiger partial charge in [-0.3, -0.25) is 0 Å². The van der Waals surface area contributed by atoms with Crippen LogP contribution in [-0.2, 0) is 10.0 Å². The Morgan fingerprint density at radius 3 is 2.33 bits per heavy atom. The van der Waals surface area contributed by atoms with Crippen LogP contribution in [-0.4, -0.2) is 14.0 Å². The van der Waals surface area contributed by atoms with Crippen molar-refractivity contribution in [3.8, 4) is 0 Å². The molecule has 102 valence electrons. The van der Waals surface area contributed by atoms with Crippen molar-refractivity contribution in [3.63, 3.8) is 0 Å². The standard InChI is InChI=1S/C11H14BrF2NO2S/c1-4-11(2,3)15-18(16,17)10-8(12)5-7(13)6-9(10)14/h5-6,15H,4H2,1-3H3. The fraction of sp³-hybridized carbons (Fsp3) is 0.455. The monoisotopic (exact) mass is 341 g/mol. The zero-order valence-electron chi connectivity index (χ0n) is 10.2. The second-order valence-electron chi connectivity index (χ2n) is 4.54. The van der Waals surface area contributed by atoms with Gasteiger partial charge in [0.1, 0.15) is 16.5 Å². The highest BCUT2D eigenvalue weighted by atomic mass is 79.9. The molecular weight excluding hydrogens is 328 g/mol. The van der Waals surface area contributed by atoms with Crippen molar-refractivity contribution >= 4 is 26.0 Å². The molecule has 0 saturated carbocycles. The van der Waals surface area contributed by atoms with E-state index in [4.69, 9.17) is 0 Å². The number of sulfonamides is 1. The van der Waals surface area contributed by atoms with E-state index in [2.05, 4.69) is 20.7 Å². The van der Waals surface area contributed by atoms with E-state index in [0.29, 0.717) is 12.5 Å². The second kappa shape index (κ2) is 5.22. The van der Waals surface area contributed by atoms with E-state index in [0.717, 1.165) is 6.07 Å². The molecule has 0 saturated heterocycles. The van der Waals surface area contributed by atoms with E-state index < -0.39 is 32.1 Å². The minimum atomic E-state index is -4.05. The van der Waals surface area contributed by atoms with E-state index >= 15 is 0 Å². The number of benzene rings is 1. The number of hydrogen-bond donors (Lipinski definition) is 1. The third-order valence-corrected chi connectivity index (χ3v) is 5.19. The molecule has 1 aromatic carbocycles. The minimum absolute atomic E-state index is 0.139. The van der Waals surface area contributed by atoms with Crippen LogP contribution in [0.5, 0.6) is 0 Å². The Bertz CT molecular complexity index is 535. The Balaban J connectivity index is 3.30. The Kier molecular flexibility index (Phi) is 4.51. The molecule has 1 rings (SSSR count). The lowest BCUT2D eigenvalue weighted by atomic mass is 10.0. The Labute approximate surface area is 114 Å². The first-order chi connectivity index (χ1) is 8.09. The molecule has 0 atom stereocenters. The number of nitrogens with one attached hydrogen (secondary N) is 1. The quantitative estimate of drug-likeness (QED) is 0.913. The van der Waals surface area contributed by atoms with Crippen molar-refractivity contribution in [2.75, 3.05) is 0 Å². The van der Waals surface area contributed by atoms with Gasteiger partial charge in [0.2, 0.25) is 10.0 Å². The molecule has 0 heterocycles. The lowest BCUT2D eigenvalue weighted by Gasteiger charge is -2.24. The molecule has 3 nitrogen and oxygen atoms in total. The molecule has 0 bridgehead atoms. The number of hydrogen-bond acceptors (Lipinski definition) is 2. The minimum Gasteiger partial charge on any atom is -0.207 e. The predicted molar refractivity (Wildman–Crippen MR) is 68.7 cm³/mol. The molecule has 0 aliphatic carbocycles. The van der Waals surface area contributed by atoms with E-state index in [1.807, 2.05) is 0 Å². The maximum Gasteiger partial charge on any atom is 0.245 e. The summed E-state index contributed by atoms with van der Waals surface area (Å²) in [6.07, 6.45) is 0.534. The summed E-state index contributed by atoms with van der Waals surface area (Å²) in [7, 11) is -4.05. The maximum absolute atomic E-state index is 13.6. The molecule has 0 amide bonds. The van der Waals surface area contributed by atoms with Gasteiger partial charge >= 0.3 is 0 Å². The largest absolute Gasteiger partial charge is 0.245 e. The molecule has 0 aromatic heterocycles. The summed E-state index contributed by atoms with van der Waals surface area (Å²) in [6.45, 7) is 5.17. The van der Waals surface area contributed by atoms with Crippen molar-refractivity contribution in [1.29, 1.82) is 0 Å². The lowest BCUT2D eigenvalue weighted by molar-refractivity contribution is 0.436. The predicted octanol–water partition coefficient (Wildman–Crippen LogP) is 3.19. The molecule has 18 heavy (non-hydrogen) atoms. The van der Waals surface area contributed by atoms with E-state index in [-0.39, 0.29) is 4.47 Å². The second-order valence-corrected chi connectivity index (χ2v) is 7.02. The average molecular weight is 342 g/mol. The average Bonchev–Trinajstić information content (AvgIpc) is 2.13. The van der Waals surface area contributed by atoms with Crippen molar-refractivity contribution < 1.29 is 17.2 Å². The van der Waals surface area contributed by atoms with Gasteiger partial charge in [-0.25, -0.2) is 21.9 Å². The van der Waals surface area contributed by atoms with Crippen molar-refractivity contribution in [1.82, 2.24) is 4.72 Å². The molecule has 0 aliphatic rings. The van der Waals surface area contributed by atoms with Crippen LogP contribution in [0.4, 0.5) is 8.78 Å². The van der Waals surface area contributed by atoms with Gasteiger partial charge in [-0.2, -0.15) is 0 Å². The molecule has 1 aromatic rings. The Morgan fingerprint density at radius 2 is 1.89 bits per heavy atom. The van der Waals surface area contributed by atoms with E-state index in [1.165, 1.54) is 0 Å². The zero-order valence-corrected chi connectivity index (χ0v) is 12.6. The Morgan fingerprint density at radius 1 is 1.33 bits per heavy atom. The topological polar surface area (TPSA) is 46.2 Å². The summed E-state index contributed by atoms with van der Waals surface area (Å²) in [5.74, 6) is -1.96. The first-order valence-corrected chi connectivity index (χ1v) is 7.55. The van der Waals surface area contributed by atoms with Crippen LogP contribution in [0.2, 0.25) is 0 Å². The number of rotatable bonds is 4. The zero-order chi connectivity index (χ0) is 14.1. The maximum atomic E-state index is 13.6. The van der Waals surface area contributed by atoms with Crippen LogP contribution in [0.25, 0.3) is 0 Å². The van der Waals surface area contributed by atoms with Crippen molar-refractivity contribution in [2.45, 2.75) is 37.6 Å². The summed E-state index contributed by atoms with van der Waals surface area (Å²) in [5.41, 5.74) is -0.709. The van der Waals surface area contributed by atoms with Crippen molar-refractivity contribution in [3.05, 3.63) is 28.2 Å². The summed E-state index contributed by atoms with van der Waals surface area (Å²) in [6, 6.07) is 1.45. The normalized spacial score (nSPS) is 12.8. The highest BCUT2D eigenvalue weighted by Crippen LogP contribution is 2.27. The molecule has 7 heteroatoms. The van der Waals surface area contributed by atoms with Gasteiger partial charge < -0.3 is 0 Å². The first kappa shape index (κ1) is 15.5. The van der Waals surface area contributed by atoms with Gasteiger partial charge in [0, 0.05) is 16.1 Å². The molecule has 1 N–H and O–H groups in total. The van der Waals surface area contributed by atoms with Crippen LogP contribution in [0.1, 0.15) is 27.2 Å². The summed E-state index contributed by atoms with van der Waals surface area (Å²) in [4.78, 5) is -0.578. The molecule has 0 aliphatic heterocycles. The lowest BCUT2D eigenvalue weighted by Crippen LogP contribution is -2.43. The molecule has 0 unspecified atom stereocenters. The highest BCUT2D eigenvalue weighted by Gasteiger charge is 2.29. The fourth-order valence-electron chi connectivity index (χ4n) is 1.27. The third-order valence-electron chi connectivity index (χ3n) is 2.53. The SMILES string of the molecule is CCC(C)(C)NS(=O)(=O)c1c(F)cc(F)cc1Br. The van der Waals surface area contributed by atoms with Gasteiger partial charge in [-0.15, -0.1) is 0 Å². The Hall–Kier alpha value is -0.530. The van der Waals surface area contributed by atoms with Crippen LogP contribution >= 0.6 is 15.9 Å². The van der Waals surface area contributed by atoms with E-state index in [1.54, 1.807) is 20.8 Å². The van der Waals surface area contributed by atoms with Crippen LogP contribution in [0.15, 0.2) is 21.5 Å². The molecule has 0 spiro atoms. The van der Waals surface area contributed by atoms with Gasteiger partial charge in [-0.05, 0) is 42.3 Å². The van der Waals surface area contributed by atoms with Gasteiger partial charge in [-0.1, -0.05) is 6.92 Å². The van der Waals surface area contributed by atoms with Crippen LogP contribution in [0.3, 0.4) is 0 Å². The van der Waals surface area contributed by atoms with E-state index in [9.17, 15) is 17.2 Å². The van der Waals surface area contributed by atoms with Gasteiger partial charge in [0.05, 0.1) is 0 Å². The molecule has 0 radical (unpaired) electrons. The third kappa shape index (κ3) is 3.49. The molecular formula is C11H14BrF2NO2S. The summed E-state index contributed by atoms with van der Waals surface area (Å²) < 4.78 is 52.9. The smallest absolute Gasteiger partial charge is 0.207 e. The molecule has 0 fully saturated rings. The van der Waals surface area contributed by atoms with Crippen LogP contribution in [0, 0.1) is 11.6 Å².